The Morgan fingerprint density at radius 1 is 0.935 bits per heavy atom. The van der Waals surface area contributed by atoms with Gasteiger partial charge in [-0.05, 0) is 48.6 Å². The standard InChI is InChI=1S/C25H28O6/c1-27-21-12-17(13-22(28-2)25(21)29-3)18-15-31-20-11-7-10-19(23(20)24(18)26)30-14-16-8-5-4-6-9-16/h7,10-13,15-16H,4-6,8-9,14H2,1-3H3. The summed E-state index contributed by atoms with van der Waals surface area (Å²) in [5.74, 6) is 2.51. The van der Waals surface area contributed by atoms with Gasteiger partial charge >= 0.3 is 0 Å². The molecule has 1 heterocycles. The molecule has 0 saturated heterocycles. The molecule has 0 aliphatic heterocycles. The molecule has 1 saturated carbocycles. The lowest BCUT2D eigenvalue weighted by molar-refractivity contribution is 0.210. The minimum atomic E-state index is -0.158. The summed E-state index contributed by atoms with van der Waals surface area (Å²) in [6, 6.07) is 8.95. The van der Waals surface area contributed by atoms with Gasteiger partial charge in [-0.1, -0.05) is 25.3 Å². The minimum absolute atomic E-state index is 0.158. The summed E-state index contributed by atoms with van der Waals surface area (Å²) in [5.41, 5.74) is 1.37. The molecule has 1 aromatic heterocycles. The van der Waals surface area contributed by atoms with Crippen molar-refractivity contribution in [3.8, 4) is 34.1 Å². The van der Waals surface area contributed by atoms with E-state index >= 15 is 0 Å². The Morgan fingerprint density at radius 2 is 1.65 bits per heavy atom. The van der Waals surface area contributed by atoms with Crippen molar-refractivity contribution in [3.63, 3.8) is 0 Å². The summed E-state index contributed by atoms with van der Waals surface area (Å²) < 4.78 is 28.2. The Morgan fingerprint density at radius 3 is 2.29 bits per heavy atom. The second kappa shape index (κ2) is 9.33. The van der Waals surface area contributed by atoms with E-state index in [4.69, 9.17) is 23.4 Å². The van der Waals surface area contributed by atoms with Crippen molar-refractivity contribution >= 4 is 11.0 Å². The first-order valence-corrected chi connectivity index (χ1v) is 10.6. The van der Waals surface area contributed by atoms with E-state index in [1.165, 1.54) is 38.4 Å². The third kappa shape index (κ3) is 4.20. The molecular weight excluding hydrogens is 396 g/mol. The van der Waals surface area contributed by atoms with Crippen LogP contribution in [0.25, 0.3) is 22.1 Å². The molecule has 0 unspecified atom stereocenters. The normalized spacial score (nSPS) is 14.4. The van der Waals surface area contributed by atoms with Crippen LogP contribution < -0.4 is 24.4 Å². The summed E-state index contributed by atoms with van der Waals surface area (Å²) in [6.07, 6.45) is 7.61. The lowest BCUT2D eigenvalue weighted by Gasteiger charge is -2.22. The Kier molecular flexibility index (Phi) is 6.35. The van der Waals surface area contributed by atoms with Crippen LogP contribution in [0.4, 0.5) is 0 Å². The molecule has 6 nitrogen and oxygen atoms in total. The van der Waals surface area contributed by atoms with Crippen molar-refractivity contribution in [2.24, 2.45) is 5.92 Å². The zero-order chi connectivity index (χ0) is 21.8. The van der Waals surface area contributed by atoms with E-state index in [-0.39, 0.29) is 5.43 Å². The lowest BCUT2D eigenvalue weighted by Crippen LogP contribution is -2.16. The van der Waals surface area contributed by atoms with Crippen LogP contribution in [0.5, 0.6) is 23.0 Å². The molecule has 4 rings (SSSR count). The fraction of sp³-hybridized carbons (Fsp3) is 0.400. The maximum atomic E-state index is 13.5. The number of fused-ring (bicyclic) bond motifs is 1. The molecule has 6 heteroatoms. The minimum Gasteiger partial charge on any atom is -0.493 e. The Balaban J connectivity index is 1.76. The van der Waals surface area contributed by atoms with Crippen LogP contribution in [0.3, 0.4) is 0 Å². The second-order valence-electron chi connectivity index (χ2n) is 7.84. The van der Waals surface area contributed by atoms with Gasteiger partial charge in [-0.15, -0.1) is 0 Å². The molecule has 0 radical (unpaired) electrons. The monoisotopic (exact) mass is 424 g/mol. The first-order chi connectivity index (χ1) is 15.2. The van der Waals surface area contributed by atoms with Crippen molar-refractivity contribution < 1.29 is 23.4 Å². The van der Waals surface area contributed by atoms with Crippen LogP contribution in [0, 0.1) is 5.92 Å². The number of rotatable bonds is 7. The summed E-state index contributed by atoms with van der Waals surface area (Å²) in [6.45, 7) is 0.618. The molecule has 0 atom stereocenters. The SMILES string of the molecule is COc1cc(-c2coc3cccc(OCC4CCCCC4)c3c2=O)cc(OC)c1OC. The summed E-state index contributed by atoms with van der Waals surface area (Å²) in [5, 5.41) is 0.449. The number of hydrogen-bond acceptors (Lipinski definition) is 6. The van der Waals surface area contributed by atoms with Gasteiger partial charge in [0, 0.05) is 0 Å². The van der Waals surface area contributed by atoms with Gasteiger partial charge in [0.15, 0.2) is 11.5 Å². The van der Waals surface area contributed by atoms with Crippen LogP contribution >= 0.6 is 0 Å². The second-order valence-corrected chi connectivity index (χ2v) is 7.84. The van der Waals surface area contributed by atoms with Gasteiger partial charge in [-0.2, -0.15) is 0 Å². The average molecular weight is 424 g/mol. The van der Waals surface area contributed by atoms with Crippen LogP contribution in [-0.2, 0) is 0 Å². The van der Waals surface area contributed by atoms with E-state index < -0.39 is 0 Å². The highest BCUT2D eigenvalue weighted by atomic mass is 16.5. The number of ether oxygens (including phenoxy) is 4. The molecule has 31 heavy (non-hydrogen) atoms. The summed E-state index contributed by atoms with van der Waals surface area (Å²) in [4.78, 5) is 13.5. The Bertz CT molecular complexity index is 1090. The highest BCUT2D eigenvalue weighted by molar-refractivity contribution is 5.87. The smallest absolute Gasteiger partial charge is 0.204 e. The van der Waals surface area contributed by atoms with Gasteiger partial charge in [-0.25, -0.2) is 0 Å². The first-order valence-electron chi connectivity index (χ1n) is 10.6. The van der Waals surface area contributed by atoms with E-state index in [1.807, 2.05) is 12.1 Å². The van der Waals surface area contributed by atoms with Gasteiger partial charge in [0.1, 0.15) is 23.0 Å². The van der Waals surface area contributed by atoms with Gasteiger partial charge in [-0.3, -0.25) is 4.79 Å². The number of methoxy groups -OCH3 is 3. The highest BCUT2D eigenvalue weighted by Gasteiger charge is 2.20. The predicted octanol–water partition coefficient (Wildman–Crippen LogP) is 5.44. The average Bonchev–Trinajstić information content (AvgIpc) is 2.82. The van der Waals surface area contributed by atoms with Crippen molar-refractivity contribution in [1.29, 1.82) is 0 Å². The maximum Gasteiger partial charge on any atom is 0.204 e. The highest BCUT2D eigenvalue weighted by Crippen LogP contribution is 2.41. The molecule has 164 valence electrons. The molecule has 3 aromatic rings. The zero-order valence-electron chi connectivity index (χ0n) is 18.2. The van der Waals surface area contributed by atoms with Crippen molar-refractivity contribution in [1.82, 2.24) is 0 Å². The summed E-state index contributed by atoms with van der Waals surface area (Å²) in [7, 11) is 4.63. The van der Waals surface area contributed by atoms with E-state index in [0.29, 0.717) is 57.6 Å². The molecule has 2 aromatic carbocycles. The van der Waals surface area contributed by atoms with E-state index in [2.05, 4.69) is 0 Å². The largest absolute Gasteiger partial charge is 0.493 e. The Hall–Kier alpha value is -3.15. The van der Waals surface area contributed by atoms with Crippen LogP contribution in [0.1, 0.15) is 32.1 Å². The third-order valence-electron chi connectivity index (χ3n) is 5.94. The summed E-state index contributed by atoms with van der Waals surface area (Å²) >= 11 is 0. The fourth-order valence-corrected chi connectivity index (χ4v) is 4.26. The maximum absolute atomic E-state index is 13.5. The quantitative estimate of drug-likeness (QED) is 0.503. The van der Waals surface area contributed by atoms with E-state index in [9.17, 15) is 4.79 Å². The van der Waals surface area contributed by atoms with Crippen molar-refractivity contribution in [3.05, 3.63) is 46.8 Å². The van der Waals surface area contributed by atoms with Gasteiger partial charge in [0.2, 0.25) is 11.2 Å². The molecule has 1 aliphatic carbocycles. The van der Waals surface area contributed by atoms with Crippen molar-refractivity contribution in [2.75, 3.05) is 27.9 Å². The predicted molar refractivity (Wildman–Crippen MR) is 120 cm³/mol. The molecule has 0 amide bonds. The lowest BCUT2D eigenvalue weighted by atomic mass is 9.90. The van der Waals surface area contributed by atoms with Crippen LogP contribution in [0.15, 0.2) is 45.8 Å². The molecular formula is C25H28O6. The topological polar surface area (TPSA) is 67.1 Å². The van der Waals surface area contributed by atoms with E-state index in [1.54, 1.807) is 39.5 Å². The number of benzene rings is 2. The van der Waals surface area contributed by atoms with Gasteiger partial charge < -0.3 is 23.4 Å². The zero-order valence-corrected chi connectivity index (χ0v) is 18.2. The third-order valence-corrected chi connectivity index (χ3v) is 5.94. The van der Waals surface area contributed by atoms with E-state index in [0.717, 1.165) is 0 Å². The number of hydrogen-bond donors (Lipinski definition) is 0. The molecule has 0 spiro atoms. The van der Waals surface area contributed by atoms with Crippen LogP contribution in [-0.4, -0.2) is 27.9 Å². The van der Waals surface area contributed by atoms with Crippen molar-refractivity contribution in [2.45, 2.75) is 32.1 Å². The van der Waals surface area contributed by atoms with Crippen LogP contribution in [0.2, 0.25) is 0 Å². The molecule has 1 aliphatic rings. The van der Waals surface area contributed by atoms with Gasteiger partial charge in [0.25, 0.3) is 0 Å². The first kappa shape index (κ1) is 21.1. The molecule has 0 bridgehead atoms. The Labute approximate surface area is 181 Å². The molecule has 1 fully saturated rings. The fourth-order valence-electron chi connectivity index (χ4n) is 4.26. The van der Waals surface area contributed by atoms with Gasteiger partial charge in [0.05, 0.1) is 33.5 Å². The molecule has 0 N–H and O–H groups in total.